The third kappa shape index (κ3) is 6.90. The van der Waals surface area contributed by atoms with Crippen molar-refractivity contribution in [2.75, 3.05) is 19.7 Å². The van der Waals surface area contributed by atoms with Gasteiger partial charge in [0.2, 0.25) is 5.91 Å². The first-order valence-electron chi connectivity index (χ1n) is 10.3. The molecule has 1 aliphatic heterocycles. The number of piperidine rings is 1. The number of carbonyl (C=O) groups is 1. The SMILES string of the molecule is C=CCOc1cc(Cl)c(Cl)cc1C(N[S@@+]([O-])C(C)(C)C)C1CCN(C(=O)C(=C)C)CC1. The van der Waals surface area contributed by atoms with Crippen LogP contribution < -0.4 is 9.46 Å². The summed E-state index contributed by atoms with van der Waals surface area (Å²) < 4.78 is 21.8. The summed E-state index contributed by atoms with van der Waals surface area (Å²) >= 11 is 11.3. The minimum Gasteiger partial charge on any atom is -0.598 e. The maximum absolute atomic E-state index is 13.0. The van der Waals surface area contributed by atoms with E-state index in [-0.39, 0.29) is 17.9 Å². The monoisotopic (exact) mass is 486 g/mol. The Kier molecular flexibility index (Phi) is 9.34. The minimum atomic E-state index is -1.32. The second-order valence-corrected chi connectivity index (χ2v) is 11.6. The largest absolute Gasteiger partial charge is 0.598 e. The molecule has 1 saturated heterocycles. The fourth-order valence-electron chi connectivity index (χ4n) is 3.47. The van der Waals surface area contributed by atoms with E-state index in [1.54, 1.807) is 25.1 Å². The van der Waals surface area contributed by atoms with Gasteiger partial charge in [-0.15, -0.1) is 4.72 Å². The number of nitrogens with one attached hydrogen (secondary N) is 1. The number of ether oxygens (including phenoxy) is 1. The quantitative estimate of drug-likeness (QED) is 0.300. The average Bonchev–Trinajstić information content (AvgIpc) is 2.71. The van der Waals surface area contributed by atoms with Crippen LogP contribution in [0.3, 0.4) is 0 Å². The van der Waals surface area contributed by atoms with Crippen LogP contribution in [0.15, 0.2) is 36.9 Å². The van der Waals surface area contributed by atoms with E-state index in [0.29, 0.717) is 41.1 Å². The van der Waals surface area contributed by atoms with Crippen molar-refractivity contribution in [3.05, 3.63) is 52.5 Å². The molecule has 1 aromatic carbocycles. The molecule has 1 N–H and O–H groups in total. The van der Waals surface area contributed by atoms with Gasteiger partial charge in [-0.05, 0) is 52.5 Å². The number of amides is 1. The number of rotatable bonds is 8. The first-order chi connectivity index (χ1) is 14.5. The Bertz CT molecular complexity index is 818. The Morgan fingerprint density at radius 2 is 1.94 bits per heavy atom. The molecule has 1 aromatic rings. The summed E-state index contributed by atoms with van der Waals surface area (Å²) in [6.07, 6.45) is 3.15. The van der Waals surface area contributed by atoms with Crippen molar-refractivity contribution >= 4 is 40.5 Å². The fraction of sp³-hybridized carbons (Fsp3) is 0.522. The average molecular weight is 487 g/mol. The molecular weight excluding hydrogens is 455 g/mol. The highest BCUT2D eigenvalue weighted by Crippen LogP contribution is 2.41. The van der Waals surface area contributed by atoms with Crippen LogP contribution in [-0.2, 0) is 16.2 Å². The lowest BCUT2D eigenvalue weighted by molar-refractivity contribution is -0.128. The van der Waals surface area contributed by atoms with Crippen molar-refractivity contribution in [1.82, 2.24) is 9.62 Å². The molecule has 0 bridgehead atoms. The Hall–Kier alpha value is -1.18. The first kappa shape index (κ1) is 26.1. The molecular formula is C23H32Cl2N2O3S. The Balaban J connectivity index is 2.38. The van der Waals surface area contributed by atoms with Crippen LogP contribution in [-0.4, -0.2) is 39.8 Å². The second kappa shape index (κ2) is 11.1. The number of halogens is 2. The van der Waals surface area contributed by atoms with Crippen LogP contribution in [0.4, 0.5) is 0 Å². The molecule has 1 heterocycles. The first-order valence-corrected chi connectivity index (χ1v) is 12.2. The summed E-state index contributed by atoms with van der Waals surface area (Å²) in [7, 11) is 0. The van der Waals surface area contributed by atoms with E-state index in [2.05, 4.69) is 17.9 Å². The summed E-state index contributed by atoms with van der Waals surface area (Å²) in [6.45, 7) is 16.5. The highest BCUT2D eigenvalue weighted by molar-refractivity contribution is 7.90. The van der Waals surface area contributed by atoms with Crippen molar-refractivity contribution in [1.29, 1.82) is 0 Å². The van der Waals surface area contributed by atoms with Gasteiger partial charge < -0.3 is 14.2 Å². The van der Waals surface area contributed by atoms with Gasteiger partial charge in [0.05, 0.1) is 16.1 Å². The molecule has 5 nitrogen and oxygen atoms in total. The Labute approximate surface area is 199 Å². The van der Waals surface area contributed by atoms with Crippen LogP contribution in [0.2, 0.25) is 10.0 Å². The molecule has 2 rings (SSSR count). The molecule has 1 fully saturated rings. The molecule has 31 heavy (non-hydrogen) atoms. The van der Waals surface area contributed by atoms with Crippen molar-refractivity contribution in [2.45, 2.75) is 51.3 Å². The van der Waals surface area contributed by atoms with Gasteiger partial charge in [-0.1, -0.05) is 42.4 Å². The number of hydrogen-bond donors (Lipinski definition) is 1. The Morgan fingerprint density at radius 3 is 2.45 bits per heavy atom. The second-order valence-electron chi connectivity index (χ2n) is 8.79. The van der Waals surface area contributed by atoms with Gasteiger partial charge in [0.1, 0.15) is 17.1 Å². The molecule has 1 unspecified atom stereocenters. The zero-order valence-corrected chi connectivity index (χ0v) is 21.0. The van der Waals surface area contributed by atoms with Gasteiger partial charge in [0.25, 0.3) is 0 Å². The zero-order valence-electron chi connectivity index (χ0n) is 18.7. The maximum atomic E-state index is 13.0. The summed E-state index contributed by atoms with van der Waals surface area (Å²) in [5.74, 6) is 0.688. The smallest absolute Gasteiger partial charge is 0.248 e. The van der Waals surface area contributed by atoms with Crippen LogP contribution >= 0.6 is 23.2 Å². The molecule has 0 saturated carbocycles. The van der Waals surface area contributed by atoms with Crippen LogP contribution in [0, 0.1) is 5.92 Å². The fourth-order valence-corrected chi connectivity index (χ4v) is 4.70. The lowest BCUT2D eigenvalue weighted by Gasteiger charge is -2.38. The number of hydrogen-bond acceptors (Lipinski definition) is 4. The number of likely N-dealkylation sites (tertiary alicyclic amines) is 1. The minimum absolute atomic E-state index is 0.0224. The van der Waals surface area contributed by atoms with E-state index in [1.165, 1.54) is 0 Å². The molecule has 2 atom stereocenters. The molecule has 172 valence electrons. The maximum Gasteiger partial charge on any atom is 0.248 e. The van der Waals surface area contributed by atoms with Gasteiger partial charge in [-0.3, -0.25) is 4.79 Å². The normalized spacial score (nSPS) is 17.2. The van der Waals surface area contributed by atoms with E-state index in [9.17, 15) is 9.35 Å². The highest BCUT2D eigenvalue weighted by Gasteiger charge is 2.37. The van der Waals surface area contributed by atoms with E-state index in [1.807, 2.05) is 25.7 Å². The van der Waals surface area contributed by atoms with Gasteiger partial charge >= 0.3 is 0 Å². The van der Waals surface area contributed by atoms with Crippen molar-refractivity contribution in [2.24, 2.45) is 5.92 Å². The molecule has 1 aliphatic rings. The third-order valence-electron chi connectivity index (χ3n) is 5.20. The summed E-state index contributed by atoms with van der Waals surface area (Å²) in [5, 5.41) is 0.799. The van der Waals surface area contributed by atoms with Crippen molar-refractivity contribution in [3.8, 4) is 5.75 Å². The summed E-state index contributed by atoms with van der Waals surface area (Å²) in [5.41, 5.74) is 1.34. The van der Waals surface area contributed by atoms with Gasteiger partial charge in [0.15, 0.2) is 0 Å². The topological polar surface area (TPSA) is 64.6 Å². The van der Waals surface area contributed by atoms with E-state index < -0.39 is 16.1 Å². The molecule has 0 aromatic heterocycles. The van der Waals surface area contributed by atoms with Crippen LogP contribution in [0.5, 0.6) is 5.75 Å². The predicted octanol–water partition coefficient (Wildman–Crippen LogP) is 5.47. The zero-order chi connectivity index (χ0) is 23.3. The molecule has 0 spiro atoms. The molecule has 8 heteroatoms. The lowest BCUT2D eigenvalue weighted by atomic mass is 9.85. The Morgan fingerprint density at radius 1 is 1.35 bits per heavy atom. The van der Waals surface area contributed by atoms with Gasteiger partial charge in [-0.2, -0.15) is 0 Å². The van der Waals surface area contributed by atoms with Crippen molar-refractivity contribution < 1.29 is 14.1 Å². The predicted molar refractivity (Wildman–Crippen MR) is 130 cm³/mol. The van der Waals surface area contributed by atoms with Crippen LogP contribution in [0.1, 0.15) is 52.1 Å². The number of nitrogens with zero attached hydrogens (tertiary/aromatic N) is 1. The van der Waals surface area contributed by atoms with E-state index in [4.69, 9.17) is 27.9 Å². The van der Waals surface area contributed by atoms with E-state index in [0.717, 1.165) is 18.4 Å². The third-order valence-corrected chi connectivity index (χ3v) is 7.50. The van der Waals surface area contributed by atoms with Gasteiger partial charge in [-0.25, -0.2) is 0 Å². The number of benzene rings is 1. The highest BCUT2D eigenvalue weighted by atomic mass is 35.5. The van der Waals surface area contributed by atoms with E-state index >= 15 is 0 Å². The lowest BCUT2D eigenvalue weighted by Crippen LogP contribution is -2.46. The van der Waals surface area contributed by atoms with Crippen LogP contribution in [0.25, 0.3) is 0 Å². The molecule has 0 aliphatic carbocycles. The molecule has 1 amide bonds. The molecule has 0 radical (unpaired) electrons. The standard InChI is InChI=1S/C23H32Cl2N2O3S/c1-7-12-30-20-14-19(25)18(24)13-17(20)21(26-31(29)23(4,5)6)16-8-10-27(11-9-16)22(28)15(2)3/h7,13-14,16,21,26H,1-2,8-12H2,3-6H3/t21?,31-/m0/s1. The number of carbonyl (C=O) groups excluding carboxylic acids is 1. The summed E-state index contributed by atoms with van der Waals surface area (Å²) in [4.78, 5) is 14.1. The van der Waals surface area contributed by atoms with Crippen molar-refractivity contribution in [3.63, 3.8) is 0 Å². The summed E-state index contributed by atoms with van der Waals surface area (Å²) in [6, 6.07) is 3.19. The van der Waals surface area contributed by atoms with Gasteiger partial charge in [0, 0.05) is 41.7 Å².